The number of hydrogen-bond donors (Lipinski definition) is 1. The minimum Gasteiger partial charge on any atom is -0.436 e. The molecule has 2 N–H and O–H groups in total. The zero-order chi connectivity index (χ0) is 13.5. The van der Waals surface area contributed by atoms with Gasteiger partial charge in [0.2, 0.25) is 5.89 Å². The lowest BCUT2D eigenvalue weighted by Crippen LogP contribution is -1.84. The van der Waals surface area contributed by atoms with Gasteiger partial charge in [0.1, 0.15) is 5.52 Å². The van der Waals surface area contributed by atoms with E-state index >= 15 is 0 Å². The second-order valence-corrected chi connectivity index (χ2v) is 4.63. The van der Waals surface area contributed by atoms with Gasteiger partial charge < -0.3 is 10.2 Å². The quantitative estimate of drug-likeness (QED) is 0.531. The fourth-order valence-corrected chi connectivity index (χ4v) is 2.33. The first-order chi connectivity index (χ1) is 9.81. The summed E-state index contributed by atoms with van der Waals surface area (Å²) < 4.78 is 5.81. The highest BCUT2D eigenvalue weighted by atomic mass is 16.3. The second kappa shape index (κ2) is 4.06. The first-order valence-electron chi connectivity index (χ1n) is 6.31. The Morgan fingerprint density at radius 1 is 1.00 bits per heavy atom. The van der Waals surface area contributed by atoms with Gasteiger partial charge in [0.15, 0.2) is 5.58 Å². The molecule has 0 amide bonds. The second-order valence-electron chi connectivity index (χ2n) is 4.63. The number of aromatic nitrogens is 2. The van der Waals surface area contributed by atoms with Gasteiger partial charge >= 0.3 is 0 Å². The highest BCUT2D eigenvalue weighted by molar-refractivity contribution is 5.92. The Hall–Kier alpha value is -2.88. The van der Waals surface area contributed by atoms with E-state index in [-0.39, 0.29) is 0 Å². The number of rotatable bonds is 1. The summed E-state index contributed by atoms with van der Waals surface area (Å²) in [5, 5.41) is 1.06. The van der Waals surface area contributed by atoms with E-state index in [1.807, 2.05) is 42.5 Å². The van der Waals surface area contributed by atoms with Crippen LogP contribution in [0.15, 0.2) is 59.1 Å². The van der Waals surface area contributed by atoms with Crippen molar-refractivity contribution in [2.24, 2.45) is 0 Å². The minimum atomic E-state index is 0.565. The number of benzene rings is 2. The van der Waals surface area contributed by atoms with Crippen molar-refractivity contribution in [3.63, 3.8) is 0 Å². The lowest BCUT2D eigenvalue weighted by atomic mass is 10.1. The Morgan fingerprint density at radius 3 is 2.85 bits per heavy atom. The van der Waals surface area contributed by atoms with Crippen LogP contribution >= 0.6 is 0 Å². The number of pyridine rings is 1. The molecule has 0 atom stereocenters. The van der Waals surface area contributed by atoms with Crippen LogP contribution in [-0.4, -0.2) is 9.97 Å². The first kappa shape index (κ1) is 11.0. The van der Waals surface area contributed by atoms with E-state index in [1.54, 1.807) is 12.3 Å². The molecule has 0 aliphatic heterocycles. The molecule has 0 radical (unpaired) electrons. The smallest absolute Gasteiger partial charge is 0.229 e. The number of anilines is 1. The molecule has 4 rings (SSSR count). The van der Waals surface area contributed by atoms with Crippen LogP contribution in [0.3, 0.4) is 0 Å². The van der Waals surface area contributed by atoms with Gasteiger partial charge in [-0.3, -0.25) is 4.98 Å². The summed E-state index contributed by atoms with van der Waals surface area (Å²) in [6, 6.07) is 15.3. The van der Waals surface area contributed by atoms with Crippen molar-refractivity contribution in [2.45, 2.75) is 0 Å². The van der Waals surface area contributed by atoms with Crippen molar-refractivity contribution in [3.8, 4) is 11.5 Å². The van der Waals surface area contributed by atoms with Crippen molar-refractivity contribution >= 4 is 27.7 Å². The van der Waals surface area contributed by atoms with Gasteiger partial charge in [-0.1, -0.05) is 18.2 Å². The summed E-state index contributed by atoms with van der Waals surface area (Å²) in [7, 11) is 0. The number of hydrogen-bond acceptors (Lipinski definition) is 4. The number of nitrogens with zero attached hydrogens (tertiary/aromatic N) is 2. The molecule has 4 aromatic rings. The van der Waals surface area contributed by atoms with Gasteiger partial charge in [-0.25, -0.2) is 4.98 Å². The van der Waals surface area contributed by atoms with E-state index in [1.165, 1.54) is 0 Å². The average Bonchev–Trinajstić information content (AvgIpc) is 2.89. The molecule has 0 bridgehead atoms. The predicted molar refractivity (Wildman–Crippen MR) is 79.2 cm³/mol. The number of oxazole rings is 1. The van der Waals surface area contributed by atoms with E-state index < -0.39 is 0 Å². The molecule has 4 heteroatoms. The van der Waals surface area contributed by atoms with Crippen LogP contribution in [0, 0.1) is 0 Å². The summed E-state index contributed by atoms with van der Waals surface area (Å²) in [4.78, 5) is 8.93. The van der Waals surface area contributed by atoms with E-state index in [9.17, 15) is 0 Å². The molecule has 2 aromatic carbocycles. The predicted octanol–water partition coefficient (Wildman–Crippen LogP) is 3.63. The van der Waals surface area contributed by atoms with Crippen LogP contribution in [0.2, 0.25) is 0 Å². The van der Waals surface area contributed by atoms with Crippen molar-refractivity contribution in [1.82, 2.24) is 9.97 Å². The molecule has 20 heavy (non-hydrogen) atoms. The highest BCUT2D eigenvalue weighted by Gasteiger charge is 2.11. The molecule has 0 spiro atoms. The number of fused-ring (bicyclic) bond motifs is 2. The summed E-state index contributed by atoms with van der Waals surface area (Å²) in [5.41, 5.74) is 9.68. The Bertz CT molecular complexity index is 922. The maximum atomic E-state index is 5.81. The van der Waals surface area contributed by atoms with Gasteiger partial charge in [0.05, 0.1) is 11.1 Å². The summed E-state index contributed by atoms with van der Waals surface area (Å²) in [6.07, 6.45) is 1.77. The third-order valence-corrected chi connectivity index (χ3v) is 3.28. The normalized spacial score (nSPS) is 11.2. The topological polar surface area (TPSA) is 64.9 Å². The molecule has 0 aliphatic carbocycles. The van der Waals surface area contributed by atoms with Crippen LogP contribution in [0.5, 0.6) is 0 Å². The van der Waals surface area contributed by atoms with Gasteiger partial charge in [-0.15, -0.1) is 0 Å². The largest absolute Gasteiger partial charge is 0.436 e. The summed E-state index contributed by atoms with van der Waals surface area (Å²) >= 11 is 0. The Labute approximate surface area is 114 Å². The van der Waals surface area contributed by atoms with Crippen LogP contribution in [0.1, 0.15) is 0 Å². The van der Waals surface area contributed by atoms with Crippen LogP contribution < -0.4 is 5.73 Å². The molecular weight excluding hydrogens is 250 g/mol. The summed E-state index contributed by atoms with van der Waals surface area (Å²) in [5.74, 6) is 0.565. The molecule has 96 valence electrons. The molecule has 2 aromatic heterocycles. The van der Waals surface area contributed by atoms with Gasteiger partial charge in [0.25, 0.3) is 0 Å². The van der Waals surface area contributed by atoms with Crippen molar-refractivity contribution in [2.75, 3.05) is 5.73 Å². The lowest BCUT2D eigenvalue weighted by molar-refractivity contribution is 0.620. The Morgan fingerprint density at radius 2 is 1.90 bits per heavy atom. The third-order valence-electron chi connectivity index (χ3n) is 3.28. The Balaban J connectivity index is 2.01. The molecule has 2 heterocycles. The van der Waals surface area contributed by atoms with E-state index in [0.717, 1.165) is 22.0 Å². The SMILES string of the molecule is Nc1ccc2nc(-c3cccc4cccnc34)oc2c1. The monoisotopic (exact) mass is 261 g/mol. The van der Waals surface area contributed by atoms with Crippen molar-refractivity contribution in [1.29, 1.82) is 0 Å². The van der Waals surface area contributed by atoms with E-state index in [4.69, 9.17) is 10.2 Å². The minimum absolute atomic E-state index is 0.565. The average molecular weight is 261 g/mol. The standard InChI is InChI=1S/C16H11N3O/c17-11-6-7-13-14(9-11)20-16(19-13)12-5-1-3-10-4-2-8-18-15(10)12/h1-9H,17H2. The molecule has 0 aliphatic rings. The molecular formula is C16H11N3O. The van der Waals surface area contributed by atoms with Crippen molar-refractivity contribution in [3.05, 3.63) is 54.7 Å². The number of para-hydroxylation sites is 1. The third kappa shape index (κ3) is 1.62. The molecule has 0 fully saturated rings. The maximum absolute atomic E-state index is 5.81. The summed E-state index contributed by atoms with van der Waals surface area (Å²) in [6.45, 7) is 0. The molecule has 4 nitrogen and oxygen atoms in total. The molecule has 0 saturated heterocycles. The van der Waals surface area contributed by atoms with E-state index in [2.05, 4.69) is 9.97 Å². The van der Waals surface area contributed by atoms with Crippen molar-refractivity contribution < 1.29 is 4.42 Å². The van der Waals surface area contributed by atoms with Crippen LogP contribution in [-0.2, 0) is 0 Å². The zero-order valence-electron chi connectivity index (χ0n) is 10.6. The van der Waals surface area contributed by atoms with E-state index in [0.29, 0.717) is 17.2 Å². The van der Waals surface area contributed by atoms with Gasteiger partial charge in [-0.2, -0.15) is 0 Å². The lowest BCUT2D eigenvalue weighted by Gasteiger charge is -2.00. The zero-order valence-corrected chi connectivity index (χ0v) is 10.6. The highest BCUT2D eigenvalue weighted by Crippen LogP contribution is 2.29. The van der Waals surface area contributed by atoms with Gasteiger partial charge in [-0.05, 0) is 24.3 Å². The fourth-order valence-electron chi connectivity index (χ4n) is 2.33. The number of nitrogen functional groups attached to an aromatic ring is 1. The number of nitrogens with two attached hydrogens (primary N) is 1. The van der Waals surface area contributed by atoms with Crippen LogP contribution in [0.25, 0.3) is 33.5 Å². The van der Waals surface area contributed by atoms with Crippen LogP contribution in [0.4, 0.5) is 5.69 Å². The maximum Gasteiger partial charge on any atom is 0.229 e. The van der Waals surface area contributed by atoms with Gasteiger partial charge in [0, 0.05) is 23.3 Å². The first-order valence-corrected chi connectivity index (χ1v) is 6.31. The Kier molecular flexibility index (Phi) is 2.23. The fraction of sp³-hybridized carbons (Fsp3) is 0. The molecule has 0 unspecified atom stereocenters. The molecule has 0 saturated carbocycles.